The lowest BCUT2D eigenvalue weighted by atomic mass is 10.4. The maximum atomic E-state index is 11.4. The lowest BCUT2D eigenvalue weighted by molar-refractivity contribution is 0.839. The predicted octanol–water partition coefficient (Wildman–Crippen LogP) is -0.0350. The molecule has 5 nitrogen and oxygen atoms in total. The zero-order chi connectivity index (χ0) is 8.72. The van der Waals surface area contributed by atoms with Gasteiger partial charge in [0.25, 0.3) is 5.56 Å². The van der Waals surface area contributed by atoms with Gasteiger partial charge in [0, 0.05) is 7.05 Å². The van der Waals surface area contributed by atoms with Crippen LogP contribution in [-0.2, 0) is 7.05 Å². The van der Waals surface area contributed by atoms with Crippen molar-refractivity contribution in [1.29, 1.82) is 0 Å². The normalized spacial score (nSPS) is 10.8. The van der Waals surface area contributed by atoms with Crippen LogP contribution in [0.5, 0.6) is 0 Å². The van der Waals surface area contributed by atoms with Crippen molar-refractivity contribution in [3.8, 4) is 0 Å². The average Bonchev–Trinajstić information content (AvgIpc) is 2.41. The molecule has 0 bridgehead atoms. The summed E-state index contributed by atoms with van der Waals surface area (Å²) in [7, 11) is 1.65. The largest absolute Gasteiger partial charge is 0.300 e. The molecule has 0 saturated heterocycles. The molecule has 2 rings (SSSR count). The topological polar surface area (TPSA) is 63.6 Å². The van der Waals surface area contributed by atoms with Gasteiger partial charge in [-0.15, -0.1) is 0 Å². The van der Waals surface area contributed by atoms with Gasteiger partial charge in [0.2, 0.25) is 0 Å². The molecule has 0 saturated carbocycles. The zero-order valence-electron chi connectivity index (χ0n) is 6.83. The van der Waals surface area contributed by atoms with E-state index in [1.165, 1.54) is 10.9 Å². The van der Waals surface area contributed by atoms with Crippen LogP contribution in [0.2, 0.25) is 0 Å². The van der Waals surface area contributed by atoms with Crippen molar-refractivity contribution in [1.82, 2.24) is 19.7 Å². The summed E-state index contributed by atoms with van der Waals surface area (Å²) in [4.78, 5) is 15.5. The monoisotopic (exact) mass is 164 g/mol. The van der Waals surface area contributed by atoms with Gasteiger partial charge in [0.15, 0.2) is 5.52 Å². The van der Waals surface area contributed by atoms with Crippen LogP contribution in [-0.4, -0.2) is 19.7 Å². The Bertz CT molecular complexity index is 482. The van der Waals surface area contributed by atoms with Crippen molar-refractivity contribution in [2.45, 2.75) is 6.92 Å². The summed E-state index contributed by atoms with van der Waals surface area (Å²) in [6.45, 7) is 1.84. The minimum absolute atomic E-state index is 0.121. The van der Waals surface area contributed by atoms with E-state index in [0.29, 0.717) is 11.0 Å². The van der Waals surface area contributed by atoms with Crippen LogP contribution in [0.15, 0.2) is 11.1 Å². The molecule has 0 radical (unpaired) electrons. The Balaban J connectivity index is 3.03. The molecule has 0 fully saturated rings. The Morgan fingerprint density at radius 2 is 2.25 bits per heavy atom. The van der Waals surface area contributed by atoms with Crippen LogP contribution in [0.4, 0.5) is 0 Å². The second-order valence-electron chi connectivity index (χ2n) is 2.71. The van der Waals surface area contributed by atoms with Gasteiger partial charge in [-0.1, -0.05) is 0 Å². The molecule has 0 aliphatic rings. The number of H-pyrrole nitrogens is 1. The van der Waals surface area contributed by atoms with Gasteiger partial charge in [-0.3, -0.25) is 9.89 Å². The summed E-state index contributed by atoms with van der Waals surface area (Å²) in [5.74, 6) is 0. The summed E-state index contributed by atoms with van der Waals surface area (Å²) >= 11 is 0. The van der Waals surface area contributed by atoms with E-state index in [9.17, 15) is 4.79 Å². The minimum Gasteiger partial charge on any atom is -0.300 e. The summed E-state index contributed by atoms with van der Waals surface area (Å²) in [5.41, 5.74) is 1.75. The highest BCUT2D eigenvalue weighted by molar-refractivity contribution is 5.74. The highest BCUT2D eigenvalue weighted by Crippen LogP contribution is 2.05. The first-order valence-corrected chi connectivity index (χ1v) is 3.56. The fraction of sp³-hybridized carbons (Fsp3) is 0.286. The van der Waals surface area contributed by atoms with Gasteiger partial charge >= 0.3 is 0 Å². The van der Waals surface area contributed by atoms with Gasteiger partial charge in [-0.2, -0.15) is 5.10 Å². The van der Waals surface area contributed by atoms with Crippen molar-refractivity contribution in [2.24, 2.45) is 7.05 Å². The number of aromatic nitrogens is 4. The maximum absolute atomic E-state index is 11.4. The van der Waals surface area contributed by atoms with Crippen molar-refractivity contribution in [2.75, 3.05) is 0 Å². The van der Waals surface area contributed by atoms with Crippen LogP contribution < -0.4 is 5.56 Å². The van der Waals surface area contributed by atoms with Gasteiger partial charge in [0.05, 0.1) is 12.0 Å². The number of hydrogen-bond acceptors (Lipinski definition) is 3. The minimum atomic E-state index is -0.121. The molecular formula is C7H8N4O. The lowest BCUT2D eigenvalue weighted by Gasteiger charge is -1.93. The van der Waals surface area contributed by atoms with Crippen LogP contribution in [0.1, 0.15) is 5.69 Å². The fourth-order valence-electron chi connectivity index (χ4n) is 1.09. The zero-order valence-corrected chi connectivity index (χ0v) is 6.83. The first-order valence-electron chi connectivity index (χ1n) is 3.56. The third kappa shape index (κ3) is 0.761. The van der Waals surface area contributed by atoms with Gasteiger partial charge in [-0.25, -0.2) is 4.98 Å². The Morgan fingerprint density at radius 1 is 1.50 bits per heavy atom. The number of aromatic amines is 1. The van der Waals surface area contributed by atoms with E-state index < -0.39 is 0 Å². The summed E-state index contributed by atoms with van der Waals surface area (Å²) in [6.07, 6.45) is 1.49. The van der Waals surface area contributed by atoms with E-state index in [1.807, 2.05) is 6.92 Å². The standard InChI is InChI=1S/C7H8N4O/c1-4-5-6(10-9-4)7(12)11(2)3-8-5/h3H,1-2H3,(H,9,10). The summed E-state index contributed by atoms with van der Waals surface area (Å²) in [6, 6.07) is 0. The first kappa shape index (κ1) is 7.02. The van der Waals surface area contributed by atoms with Gasteiger partial charge in [0.1, 0.15) is 5.52 Å². The molecule has 0 amide bonds. The van der Waals surface area contributed by atoms with Crippen LogP contribution in [0.3, 0.4) is 0 Å². The molecule has 1 N–H and O–H groups in total. The van der Waals surface area contributed by atoms with Crippen LogP contribution in [0.25, 0.3) is 11.0 Å². The van der Waals surface area contributed by atoms with E-state index in [-0.39, 0.29) is 5.56 Å². The molecule has 62 valence electrons. The highest BCUT2D eigenvalue weighted by Gasteiger charge is 2.06. The smallest absolute Gasteiger partial charge is 0.281 e. The first-order chi connectivity index (χ1) is 5.70. The average molecular weight is 164 g/mol. The molecule has 5 heteroatoms. The third-order valence-corrected chi connectivity index (χ3v) is 1.80. The van der Waals surface area contributed by atoms with Crippen LogP contribution >= 0.6 is 0 Å². The second-order valence-corrected chi connectivity index (χ2v) is 2.71. The van der Waals surface area contributed by atoms with Crippen molar-refractivity contribution in [3.63, 3.8) is 0 Å². The molecule has 0 unspecified atom stereocenters. The van der Waals surface area contributed by atoms with E-state index in [1.54, 1.807) is 7.05 Å². The number of nitrogens with one attached hydrogen (secondary N) is 1. The van der Waals surface area contributed by atoms with E-state index in [4.69, 9.17) is 0 Å². The molecule has 0 aromatic carbocycles. The molecule has 0 aliphatic carbocycles. The SMILES string of the molecule is Cc1[nH]nc2c(=O)n(C)cnc12. The Hall–Kier alpha value is -1.65. The Labute approximate surface area is 68.1 Å². The Morgan fingerprint density at radius 3 is 3.00 bits per heavy atom. The van der Waals surface area contributed by atoms with E-state index in [0.717, 1.165) is 5.69 Å². The molecular weight excluding hydrogens is 156 g/mol. The van der Waals surface area contributed by atoms with Crippen molar-refractivity contribution >= 4 is 11.0 Å². The van der Waals surface area contributed by atoms with Crippen molar-refractivity contribution < 1.29 is 0 Å². The molecule has 0 spiro atoms. The van der Waals surface area contributed by atoms with Gasteiger partial charge in [-0.05, 0) is 6.92 Å². The molecule has 2 heterocycles. The quantitative estimate of drug-likeness (QED) is 0.594. The number of nitrogens with zero attached hydrogens (tertiary/aromatic N) is 3. The number of fused-ring (bicyclic) bond motifs is 1. The van der Waals surface area contributed by atoms with Gasteiger partial charge < -0.3 is 4.57 Å². The lowest BCUT2D eigenvalue weighted by Crippen LogP contribution is -2.16. The number of hydrogen-bond donors (Lipinski definition) is 1. The fourth-order valence-corrected chi connectivity index (χ4v) is 1.09. The third-order valence-electron chi connectivity index (χ3n) is 1.80. The van der Waals surface area contributed by atoms with Crippen molar-refractivity contribution in [3.05, 3.63) is 22.4 Å². The highest BCUT2D eigenvalue weighted by atomic mass is 16.1. The predicted molar refractivity (Wildman–Crippen MR) is 43.9 cm³/mol. The maximum Gasteiger partial charge on any atom is 0.281 e. The van der Waals surface area contributed by atoms with Crippen LogP contribution in [0, 0.1) is 6.92 Å². The molecule has 0 atom stereocenters. The molecule has 12 heavy (non-hydrogen) atoms. The van der Waals surface area contributed by atoms with E-state index in [2.05, 4.69) is 15.2 Å². The summed E-state index contributed by atoms with van der Waals surface area (Å²) < 4.78 is 1.41. The molecule has 0 aliphatic heterocycles. The molecule has 2 aromatic heterocycles. The number of rotatable bonds is 0. The number of aryl methyl sites for hydroxylation is 2. The Kier molecular flexibility index (Phi) is 1.27. The second kappa shape index (κ2) is 2.17. The van der Waals surface area contributed by atoms with E-state index >= 15 is 0 Å². The summed E-state index contributed by atoms with van der Waals surface area (Å²) in [5, 5.41) is 6.58. The molecule has 2 aromatic rings.